The van der Waals surface area contributed by atoms with E-state index in [1.54, 1.807) is 6.20 Å². The van der Waals surface area contributed by atoms with Gasteiger partial charge in [0.05, 0.1) is 18.4 Å². The van der Waals surface area contributed by atoms with Crippen molar-refractivity contribution in [3.05, 3.63) is 41.7 Å². The predicted molar refractivity (Wildman–Crippen MR) is 90.8 cm³/mol. The molecule has 23 heavy (non-hydrogen) atoms. The topological polar surface area (TPSA) is 59.4 Å². The van der Waals surface area contributed by atoms with Gasteiger partial charge in [-0.15, -0.1) is 0 Å². The number of benzene rings is 1. The average Bonchev–Trinajstić information content (AvgIpc) is 2.92. The highest BCUT2D eigenvalue weighted by Crippen LogP contribution is 2.22. The molecule has 0 radical (unpaired) electrons. The summed E-state index contributed by atoms with van der Waals surface area (Å²) in [5.41, 5.74) is 2.72. The van der Waals surface area contributed by atoms with Crippen molar-refractivity contribution in [2.24, 2.45) is 0 Å². The Hall–Kier alpha value is -2.34. The molecule has 0 saturated heterocycles. The molecule has 1 aromatic carbocycles. The standard InChI is InChI=1S/C17H24N4O2/c1-13-6-5-7-14(2)17(13)23-12-16(22)19-15-10-18-21(11-15)9-8-20(3)4/h5-7,10-11H,8-9,12H2,1-4H3,(H,19,22). The van der Waals surface area contributed by atoms with Gasteiger partial charge in [-0.05, 0) is 39.1 Å². The molecule has 1 amide bonds. The van der Waals surface area contributed by atoms with Crippen molar-refractivity contribution >= 4 is 11.6 Å². The molecule has 0 aliphatic heterocycles. The molecule has 0 atom stereocenters. The highest BCUT2D eigenvalue weighted by atomic mass is 16.5. The van der Waals surface area contributed by atoms with Gasteiger partial charge in [0.25, 0.3) is 5.91 Å². The summed E-state index contributed by atoms with van der Waals surface area (Å²) in [6, 6.07) is 5.91. The van der Waals surface area contributed by atoms with Crippen LogP contribution in [0.3, 0.4) is 0 Å². The van der Waals surface area contributed by atoms with Crippen LogP contribution in [0.15, 0.2) is 30.6 Å². The number of amides is 1. The summed E-state index contributed by atoms with van der Waals surface area (Å²) in [4.78, 5) is 14.1. The fourth-order valence-electron chi connectivity index (χ4n) is 2.21. The van der Waals surface area contributed by atoms with Crippen LogP contribution in [0.2, 0.25) is 0 Å². The van der Waals surface area contributed by atoms with Gasteiger partial charge in [0.2, 0.25) is 0 Å². The highest BCUT2D eigenvalue weighted by molar-refractivity contribution is 5.91. The Balaban J connectivity index is 1.85. The van der Waals surface area contributed by atoms with Crippen LogP contribution in [0, 0.1) is 13.8 Å². The zero-order chi connectivity index (χ0) is 16.8. The molecule has 1 N–H and O–H groups in total. The molecule has 0 fully saturated rings. The number of hydrogen-bond acceptors (Lipinski definition) is 4. The molecular weight excluding hydrogens is 292 g/mol. The van der Waals surface area contributed by atoms with E-state index in [4.69, 9.17) is 4.74 Å². The fourth-order valence-corrected chi connectivity index (χ4v) is 2.21. The van der Waals surface area contributed by atoms with Crippen molar-refractivity contribution in [3.63, 3.8) is 0 Å². The monoisotopic (exact) mass is 316 g/mol. The average molecular weight is 316 g/mol. The summed E-state index contributed by atoms with van der Waals surface area (Å²) in [5, 5.41) is 7.02. The van der Waals surface area contributed by atoms with Gasteiger partial charge < -0.3 is 15.0 Å². The Morgan fingerprint density at radius 3 is 2.65 bits per heavy atom. The number of likely N-dealkylation sites (N-methyl/N-ethyl adjacent to an activating group) is 1. The number of nitrogens with one attached hydrogen (secondary N) is 1. The van der Waals surface area contributed by atoms with Crippen molar-refractivity contribution in [3.8, 4) is 5.75 Å². The van der Waals surface area contributed by atoms with Crippen molar-refractivity contribution in [1.29, 1.82) is 0 Å². The summed E-state index contributed by atoms with van der Waals surface area (Å²) in [6.07, 6.45) is 3.47. The van der Waals surface area contributed by atoms with E-state index < -0.39 is 0 Å². The number of carbonyl (C=O) groups excluding carboxylic acids is 1. The first-order valence-electron chi connectivity index (χ1n) is 7.62. The van der Waals surface area contributed by atoms with Crippen LogP contribution in [0.25, 0.3) is 0 Å². The molecule has 1 aromatic heterocycles. The predicted octanol–water partition coefficient (Wildman–Crippen LogP) is 2.08. The first kappa shape index (κ1) is 17.0. The number of aryl methyl sites for hydroxylation is 2. The summed E-state index contributed by atoms with van der Waals surface area (Å²) >= 11 is 0. The van der Waals surface area contributed by atoms with Crippen molar-refractivity contribution in [2.45, 2.75) is 20.4 Å². The lowest BCUT2D eigenvalue weighted by molar-refractivity contribution is -0.118. The Kier molecular flexibility index (Phi) is 5.76. The van der Waals surface area contributed by atoms with E-state index in [2.05, 4.69) is 15.3 Å². The largest absolute Gasteiger partial charge is 0.483 e. The van der Waals surface area contributed by atoms with E-state index in [0.717, 1.165) is 30.0 Å². The SMILES string of the molecule is Cc1cccc(C)c1OCC(=O)Nc1cnn(CCN(C)C)c1. The van der Waals surface area contributed by atoms with E-state index >= 15 is 0 Å². The minimum absolute atomic E-state index is 0.0193. The third-order valence-corrected chi connectivity index (χ3v) is 3.45. The van der Waals surface area contributed by atoms with Crippen molar-refractivity contribution in [1.82, 2.24) is 14.7 Å². The zero-order valence-corrected chi connectivity index (χ0v) is 14.2. The Morgan fingerprint density at radius 1 is 1.30 bits per heavy atom. The van der Waals surface area contributed by atoms with Crippen molar-refractivity contribution in [2.75, 3.05) is 32.6 Å². The molecule has 0 aliphatic rings. The number of nitrogens with zero attached hydrogens (tertiary/aromatic N) is 3. The Labute approximate surface area is 137 Å². The number of carbonyl (C=O) groups is 1. The number of rotatable bonds is 7. The third kappa shape index (κ3) is 5.10. The van der Waals surface area contributed by atoms with Gasteiger partial charge in [0.1, 0.15) is 5.75 Å². The maximum Gasteiger partial charge on any atom is 0.262 e. The third-order valence-electron chi connectivity index (χ3n) is 3.45. The second kappa shape index (κ2) is 7.78. The molecule has 0 unspecified atom stereocenters. The molecule has 0 saturated carbocycles. The molecule has 6 heteroatoms. The number of ether oxygens (including phenoxy) is 1. The van der Waals surface area contributed by atoms with E-state index in [0.29, 0.717) is 5.69 Å². The normalized spacial score (nSPS) is 10.8. The minimum atomic E-state index is -0.195. The highest BCUT2D eigenvalue weighted by Gasteiger charge is 2.08. The summed E-state index contributed by atoms with van der Waals surface area (Å²) in [7, 11) is 4.02. The first-order chi connectivity index (χ1) is 11.0. The number of para-hydroxylation sites is 1. The van der Waals surface area contributed by atoms with Gasteiger partial charge >= 0.3 is 0 Å². The van der Waals surface area contributed by atoms with Gasteiger partial charge in [-0.1, -0.05) is 18.2 Å². The summed E-state index contributed by atoms with van der Waals surface area (Å²) in [5.74, 6) is 0.573. The Bertz CT molecular complexity index is 644. The Morgan fingerprint density at radius 2 is 2.00 bits per heavy atom. The summed E-state index contributed by atoms with van der Waals surface area (Å²) < 4.78 is 7.45. The molecule has 6 nitrogen and oxygen atoms in total. The second-order valence-electron chi connectivity index (χ2n) is 5.85. The van der Waals surface area contributed by atoms with Crippen LogP contribution in [-0.2, 0) is 11.3 Å². The molecule has 0 aliphatic carbocycles. The number of aromatic nitrogens is 2. The quantitative estimate of drug-likeness (QED) is 0.849. The minimum Gasteiger partial charge on any atom is -0.483 e. The fraction of sp³-hybridized carbons (Fsp3) is 0.412. The van der Waals surface area contributed by atoms with Crippen LogP contribution < -0.4 is 10.1 Å². The van der Waals surface area contributed by atoms with Gasteiger partial charge in [-0.25, -0.2) is 0 Å². The van der Waals surface area contributed by atoms with Gasteiger partial charge in [-0.3, -0.25) is 9.48 Å². The van der Waals surface area contributed by atoms with Gasteiger partial charge in [0.15, 0.2) is 6.61 Å². The van der Waals surface area contributed by atoms with Gasteiger partial charge in [0, 0.05) is 12.7 Å². The van der Waals surface area contributed by atoms with Crippen LogP contribution in [-0.4, -0.2) is 47.8 Å². The lowest BCUT2D eigenvalue weighted by atomic mass is 10.1. The molecule has 124 valence electrons. The number of hydrogen-bond donors (Lipinski definition) is 1. The lowest BCUT2D eigenvalue weighted by Crippen LogP contribution is -2.20. The van der Waals surface area contributed by atoms with Crippen LogP contribution in [0.1, 0.15) is 11.1 Å². The van der Waals surface area contributed by atoms with Crippen LogP contribution in [0.5, 0.6) is 5.75 Å². The van der Waals surface area contributed by atoms with Crippen LogP contribution >= 0.6 is 0 Å². The maximum atomic E-state index is 12.0. The molecule has 2 aromatic rings. The molecule has 2 rings (SSSR count). The van der Waals surface area contributed by atoms with Gasteiger partial charge in [-0.2, -0.15) is 5.10 Å². The molecule has 1 heterocycles. The number of anilines is 1. The van der Waals surface area contributed by atoms with E-state index in [-0.39, 0.29) is 12.5 Å². The smallest absolute Gasteiger partial charge is 0.262 e. The summed E-state index contributed by atoms with van der Waals surface area (Å²) in [6.45, 7) is 5.59. The van der Waals surface area contributed by atoms with Crippen molar-refractivity contribution < 1.29 is 9.53 Å². The second-order valence-corrected chi connectivity index (χ2v) is 5.85. The molecule has 0 bridgehead atoms. The molecule has 0 spiro atoms. The van der Waals surface area contributed by atoms with Crippen LogP contribution in [0.4, 0.5) is 5.69 Å². The van der Waals surface area contributed by atoms with E-state index in [1.165, 1.54) is 0 Å². The lowest BCUT2D eigenvalue weighted by Gasteiger charge is -2.11. The van der Waals surface area contributed by atoms with E-state index in [9.17, 15) is 4.79 Å². The zero-order valence-electron chi connectivity index (χ0n) is 14.2. The first-order valence-corrected chi connectivity index (χ1v) is 7.62. The maximum absolute atomic E-state index is 12.0. The molecular formula is C17H24N4O2. The van der Waals surface area contributed by atoms with E-state index in [1.807, 2.05) is 57.0 Å².